The van der Waals surface area contributed by atoms with Crippen LogP contribution in [0.3, 0.4) is 0 Å². The van der Waals surface area contributed by atoms with Gasteiger partial charge in [0.2, 0.25) is 0 Å². The molecule has 2 heterocycles. The van der Waals surface area contributed by atoms with E-state index in [0.717, 1.165) is 46.4 Å². The number of rotatable bonds is 4. The van der Waals surface area contributed by atoms with Gasteiger partial charge in [-0.3, -0.25) is 0 Å². The van der Waals surface area contributed by atoms with Gasteiger partial charge in [0.15, 0.2) is 0 Å². The van der Waals surface area contributed by atoms with Crippen molar-refractivity contribution in [2.75, 3.05) is 36.9 Å². The van der Waals surface area contributed by atoms with Crippen LogP contribution in [0.4, 0.5) is 11.5 Å². The van der Waals surface area contributed by atoms with Crippen molar-refractivity contribution in [2.24, 2.45) is 5.73 Å². The SMILES string of the molecule is Cc1ccccc1C(N)c1cccc(C)c1-c1ccc2nc(N)c(N3CCOCC3)cc2c1. The topological polar surface area (TPSA) is 77.4 Å². The number of nitrogen functional groups attached to an aromatic ring is 1. The lowest BCUT2D eigenvalue weighted by molar-refractivity contribution is 0.123. The van der Waals surface area contributed by atoms with Crippen LogP contribution < -0.4 is 16.4 Å². The van der Waals surface area contributed by atoms with Crippen LogP contribution in [0.25, 0.3) is 22.0 Å². The number of aromatic nitrogens is 1. The molecule has 4 N–H and O–H groups in total. The molecule has 3 aromatic carbocycles. The highest BCUT2D eigenvalue weighted by atomic mass is 16.5. The van der Waals surface area contributed by atoms with Crippen molar-refractivity contribution in [3.05, 3.63) is 89.0 Å². The minimum absolute atomic E-state index is 0.203. The molecule has 5 heteroatoms. The summed E-state index contributed by atoms with van der Waals surface area (Å²) in [6.45, 7) is 7.33. The van der Waals surface area contributed by atoms with Crippen LogP contribution >= 0.6 is 0 Å². The van der Waals surface area contributed by atoms with Crippen LogP contribution in [0.1, 0.15) is 28.3 Å². The van der Waals surface area contributed by atoms with Crippen LogP contribution in [0.2, 0.25) is 0 Å². The first-order valence-corrected chi connectivity index (χ1v) is 11.5. The number of nitrogens with two attached hydrogens (primary N) is 2. The molecule has 0 amide bonds. The zero-order chi connectivity index (χ0) is 22.9. The molecule has 0 aliphatic carbocycles. The maximum absolute atomic E-state index is 6.83. The summed E-state index contributed by atoms with van der Waals surface area (Å²) in [5.74, 6) is 0.565. The van der Waals surface area contributed by atoms with Crippen molar-refractivity contribution in [1.82, 2.24) is 4.98 Å². The minimum Gasteiger partial charge on any atom is -0.382 e. The second-order valence-electron chi connectivity index (χ2n) is 8.77. The van der Waals surface area contributed by atoms with Crippen LogP contribution in [0.15, 0.2) is 66.7 Å². The van der Waals surface area contributed by atoms with E-state index in [4.69, 9.17) is 21.2 Å². The zero-order valence-electron chi connectivity index (χ0n) is 19.2. The molecule has 5 rings (SSSR count). The third-order valence-electron chi connectivity index (χ3n) is 6.63. The Labute approximate surface area is 195 Å². The molecule has 0 bridgehead atoms. The Hall–Kier alpha value is -3.41. The molecule has 1 fully saturated rings. The van der Waals surface area contributed by atoms with Gasteiger partial charge in [0, 0.05) is 18.5 Å². The number of hydrogen-bond donors (Lipinski definition) is 2. The van der Waals surface area contributed by atoms with E-state index in [1.54, 1.807) is 0 Å². The molecule has 168 valence electrons. The van der Waals surface area contributed by atoms with Crippen LogP contribution in [0, 0.1) is 13.8 Å². The van der Waals surface area contributed by atoms with Crippen molar-refractivity contribution < 1.29 is 4.74 Å². The van der Waals surface area contributed by atoms with E-state index in [1.165, 1.54) is 16.7 Å². The number of benzene rings is 3. The Kier molecular flexibility index (Phi) is 5.75. The molecule has 1 aliphatic rings. The maximum Gasteiger partial charge on any atom is 0.147 e. The van der Waals surface area contributed by atoms with E-state index in [9.17, 15) is 0 Å². The summed E-state index contributed by atoms with van der Waals surface area (Å²) in [5.41, 5.74) is 22.0. The number of ether oxygens (including phenoxy) is 1. The lowest BCUT2D eigenvalue weighted by Gasteiger charge is -2.29. The molecule has 0 radical (unpaired) electrons. The van der Waals surface area contributed by atoms with Gasteiger partial charge in [-0.05, 0) is 65.4 Å². The van der Waals surface area contributed by atoms with Gasteiger partial charge in [0.25, 0.3) is 0 Å². The predicted octanol–water partition coefficient (Wildman–Crippen LogP) is 4.99. The normalized spacial score (nSPS) is 15.1. The van der Waals surface area contributed by atoms with Crippen molar-refractivity contribution >= 4 is 22.4 Å². The van der Waals surface area contributed by atoms with Crippen LogP contribution in [0.5, 0.6) is 0 Å². The van der Waals surface area contributed by atoms with Gasteiger partial charge in [-0.15, -0.1) is 0 Å². The lowest BCUT2D eigenvalue weighted by atomic mass is 9.87. The first-order valence-electron chi connectivity index (χ1n) is 11.5. The second-order valence-corrected chi connectivity index (χ2v) is 8.77. The van der Waals surface area contributed by atoms with E-state index >= 15 is 0 Å². The molecule has 1 aliphatic heterocycles. The number of fused-ring (bicyclic) bond motifs is 1. The van der Waals surface area contributed by atoms with Gasteiger partial charge in [-0.2, -0.15) is 0 Å². The van der Waals surface area contributed by atoms with Crippen molar-refractivity contribution in [3.63, 3.8) is 0 Å². The van der Waals surface area contributed by atoms with Crippen LogP contribution in [-0.4, -0.2) is 31.3 Å². The van der Waals surface area contributed by atoms with E-state index in [2.05, 4.69) is 85.5 Å². The third kappa shape index (κ3) is 4.06. The Balaban J connectivity index is 1.62. The fourth-order valence-electron chi connectivity index (χ4n) is 4.84. The van der Waals surface area contributed by atoms with Gasteiger partial charge < -0.3 is 21.1 Å². The molecule has 5 nitrogen and oxygen atoms in total. The minimum atomic E-state index is -0.203. The van der Waals surface area contributed by atoms with Gasteiger partial charge in [0.05, 0.1) is 30.5 Å². The van der Waals surface area contributed by atoms with E-state index < -0.39 is 0 Å². The highest BCUT2D eigenvalue weighted by Crippen LogP contribution is 2.36. The number of aryl methyl sites for hydroxylation is 2. The van der Waals surface area contributed by atoms with Crippen molar-refractivity contribution in [3.8, 4) is 11.1 Å². The average molecular weight is 439 g/mol. The molecular formula is C28H30N4O. The summed E-state index contributed by atoms with van der Waals surface area (Å²) in [6, 6.07) is 23.1. The summed E-state index contributed by atoms with van der Waals surface area (Å²) in [5, 5.41) is 1.07. The summed E-state index contributed by atoms with van der Waals surface area (Å²) in [6.07, 6.45) is 0. The molecule has 1 aromatic heterocycles. The second kappa shape index (κ2) is 8.85. The van der Waals surface area contributed by atoms with Crippen LogP contribution in [-0.2, 0) is 4.74 Å². The Morgan fingerprint density at radius 3 is 2.39 bits per heavy atom. The smallest absolute Gasteiger partial charge is 0.147 e. The summed E-state index contributed by atoms with van der Waals surface area (Å²) in [7, 11) is 0. The number of pyridine rings is 1. The van der Waals surface area contributed by atoms with Gasteiger partial charge in [-0.1, -0.05) is 48.5 Å². The Morgan fingerprint density at radius 1 is 0.879 bits per heavy atom. The zero-order valence-corrected chi connectivity index (χ0v) is 19.2. The highest BCUT2D eigenvalue weighted by molar-refractivity contribution is 5.91. The fourth-order valence-corrected chi connectivity index (χ4v) is 4.84. The summed E-state index contributed by atoms with van der Waals surface area (Å²) >= 11 is 0. The summed E-state index contributed by atoms with van der Waals surface area (Å²) in [4.78, 5) is 6.95. The van der Waals surface area contributed by atoms with E-state index in [1.807, 2.05) is 0 Å². The number of nitrogens with zero attached hydrogens (tertiary/aromatic N) is 2. The average Bonchev–Trinajstić information content (AvgIpc) is 2.84. The quantitative estimate of drug-likeness (QED) is 0.470. The highest BCUT2D eigenvalue weighted by Gasteiger charge is 2.19. The number of hydrogen-bond acceptors (Lipinski definition) is 5. The molecule has 1 saturated heterocycles. The molecule has 0 spiro atoms. The van der Waals surface area contributed by atoms with E-state index in [-0.39, 0.29) is 6.04 Å². The molecule has 0 saturated carbocycles. The van der Waals surface area contributed by atoms with Crippen molar-refractivity contribution in [2.45, 2.75) is 19.9 Å². The first-order chi connectivity index (χ1) is 16.0. The predicted molar refractivity (Wildman–Crippen MR) is 137 cm³/mol. The molecule has 33 heavy (non-hydrogen) atoms. The molecule has 4 aromatic rings. The first kappa shape index (κ1) is 21.4. The van der Waals surface area contributed by atoms with Gasteiger partial charge in [0.1, 0.15) is 5.82 Å². The Bertz CT molecular complexity index is 1310. The van der Waals surface area contributed by atoms with E-state index in [0.29, 0.717) is 19.0 Å². The van der Waals surface area contributed by atoms with Gasteiger partial charge >= 0.3 is 0 Å². The lowest BCUT2D eigenvalue weighted by Crippen LogP contribution is -2.36. The number of morpholine rings is 1. The molecule has 1 unspecified atom stereocenters. The van der Waals surface area contributed by atoms with Crippen molar-refractivity contribution in [1.29, 1.82) is 0 Å². The fraction of sp³-hybridized carbons (Fsp3) is 0.250. The molecule has 1 atom stereocenters. The maximum atomic E-state index is 6.83. The third-order valence-corrected chi connectivity index (χ3v) is 6.63. The monoisotopic (exact) mass is 438 g/mol. The Morgan fingerprint density at radius 2 is 1.61 bits per heavy atom. The summed E-state index contributed by atoms with van der Waals surface area (Å²) < 4.78 is 5.50. The standard InChI is InChI=1S/C28H30N4O/c1-18-6-3-4-8-22(18)27(29)23-9-5-7-19(2)26(23)20-10-11-24-21(16-20)17-25(28(30)31-24)32-12-14-33-15-13-32/h3-11,16-17,27H,12-15,29H2,1-2H3,(H2,30,31). The van der Waals surface area contributed by atoms with Gasteiger partial charge in [-0.25, -0.2) is 4.98 Å². The molecular weight excluding hydrogens is 408 g/mol. The number of anilines is 2. The largest absolute Gasteiger partial charge is 0.382 e.